The molecule has 1 spiro atoms. The number of para-hydroxylation sites is 1. The Bertz CT molecular complexity index is 930. The quantitative estimate of drug-likeness (QED) is 0.729. The third-order valence-electron chi connectivity index (χ3n) is 6.64. The Morgan fingerprint density at radius 3 is 2.46 bits per heavy atom. The Kier molecular flexibility index (Phi) is 3.61. The van der Waals surface area contributed by atoms with Crippen LogP contribution < -0.4 is 10.2 Å². The number of benzene rings is 2. The molecule has 1 saturated carbocycles. The molecule has 3 heteroatoms. The van der Waals surface area contributed by atoms with E-state index in [1.807, 2.05) is 0 Å². The van der Waals surface area contributed by atoms with Crippen LogP contribution in [0.5, 0.6) is 0 Å². The zero-order chi connectivity index (χ0) is 17.7. The number of hydrogen-bond acceptors (Lipinski definition) is 1. The van der Waals surface area contributed by atoms with Gasteiger partial charge in [-0.15, -0.1) is 0 Å². The molecule has 1 atom stereocenters. The molecular formula is C23H28N3+. The lowest BCUT2D eigenvalue weighted by molar-refractivity contribution is -0.741. The van der Waals surface area contributed by atoms with Crippen LogP contribution >= 0.6 is 0 Å². The number of H-pyrrole nitrogens is 1. The minimum absolute atomic E-state index is 0.286. The molecule has 2 aromatic carbocycles. The Morgan fingerprint density at radius 2 is 1.73 bits per heavy atom. The average Bonchev–Trinajstić information content (AvgIpc) is 3.29. The molecule has 0 unspecified atom stereocenters. The first-order valence-electron chi connectivity index (χ1n) is 9.91. The van der Waals surface area contributed by atoms with Gasteiger partial charge in [-0.3, -0.25) is 0 Å². The van der Waals surface area contributed by atoms with Crippen molar-refractivity contribution in [3.63, 3.8) is 0 Å². The van der Waals surface area contributed by atoms with Crippen LogP contribution in [0.2, 0.25) is 0 Å². The zero-order valence-electron chi connectivity index (χ0n) is 15.8. The van der Waals surface area contributed by atoms with Crippen molar-refractivity contribution in [1.82, 2.24) is 4.98 Å². The van der Waals surface area contributed by atoms with Crippen LogP contribution in [0.15, 0.2) is 48.5 Å². The lowest BCUT2D eigenvalue weighted by Crippen LogP contribution is -2.96. The molecule has 3 N–H and O–H groups in total. The van der Waals surface area contributed by atoms with E-state index in [1.54, 1.807) is 5.56 Å². The number of aromatic nitrogens is 1. The number of hydrogen-bond donors (Lipinski definition) is 2. The van der Waals surface area contributed by atoms with E-state index in [1.165, 1.54) is 53.5 Å². The summed E-state index contributed by atoms with van der Waals surface area (Å²) in [6.45, 7) is 1.15. The highest BCUT2D eigenvalue weighted by Gasteiger charge is 2.47. The molecule has 26 heavy (non-hydrogen) atoms. The molecule has 1 aromatic heterocycles. The average molecular weight is 346 g/mol. The summed E-state index contributed by atoms with van der Waals surface area (Å²) in [5.41, 5.74) is 7.35. The van der Waals surface area contributed by atoms with Crippen LogP contribution in [0, 0.1) is 0 Å². The van der Waals surface area contributed by atoms with Crippen molar-refractivity contribution in [2.75, 3.05) is 25.5 Å². The van der Waals surface area contributed by atoms with Gasteiger partial charge in [-0.1, -0.05) is 30.3 Å². The minimum Gasteiger partial charge on any atom is -0.378 e. The van der Waals surface area contributed by atoms with Crippen LogP contribution in [0.4, 0.5) is 5.69 Å². The molecule has 3 aromatic rings. The summed E-state index contributed by atoms with van der Waals surface area (Å²) in [7, 11) is 4.20. The Hall–Kier alpha value is -2.26. The normalized spacial score (nSPS) is 21.2. The van der Waals surface area contributed by atoms with Crippen molar-refractivity contribution in [2.45, 2.75) is 37.1 Å². The number of aromatic amines is 1. The van der Waals surface area contributed by atoms with Crippen molar-refractivity contribution in [3.05, 3.63) is 65.4 Å². The second-order valence-corrected chi connectivity index (χ2v) is 8.30. The smallest absolute Gasteiger partial charge is 0.137 e. The van der Waals surface area contributed by atoms with E-state index >= 15 is 0 Å². The molecule has 0 radical (unpaired) electrons. The van der Waals surface area contributed by atoms with Gasteiger partial charge in [0.05, 0.1) is 18.2 Å². The van der Waals surface area contributed by atoms with Crippen molar-refractivity contribution in [1.29, 1.82) is 0 Å². The van der Waals surface area contributed by atoms with E-state index < -0.39 is 0 Å². The lowest BCUT2D eigenvalue weighted by Gasteiger charge is -2.35. The molecular weight excluding hydrogens is 318 g/mol. The number of rotatable bonds is 2. The van der Waals surface area contributed by atoms with Gasteiger partial charge >= 0.3 is 0 Å². The molecule has 134 valence electrons. The van der Waals surface area contributed by atoms with E-state index in [9.17, 15) is 0 Å². The summed E-state index contributed by atoms with van der Waals surface area (Å²) in [4.78, 5) is 6.01. The van der Waals surface area contributed by atoms with Crippen molar-refractivity contribution >= 4 is 16.6 Å². The third-order valence-corrected chi connectivity index (χ3v) is 6.64. The van der Waals surface area contributed by atoms with E-state index in [2.05, 4.69) is 77.8 Å². The van der Waals surface area contributed by atoms with Gasteiger partial charge in [0.15, 0.2) is 0 Å². The summed E-state index contributed by atoms with van der Waals surface area (Å²) in [5.74, 6) is 0.462. The molecule has 0 amide bonds. The number of anilines is 1. The summed E-state index contributed by atoms with van der Waals surface area (Å²) < 4.78 is 0. The Balaban J connectivity index is 1.67. The molecule has 2 aliphatic rings. The van der Waals surface area contributed by atoms with Gasteiger partial charge < -0.3 is 15.2 Å². The first-order valence-corrected chi connectivity index (χ1v) is 9.91. The molecule has 2 heterocycles. The second kappa shape index (κ2) is 5.88. The highest BCUT2D eigenvalue weighted by molar-refractivity contribution is 5.86. The molecule has 0 bridgehead atoms. The van der Waals surface area contributed by atoms with E-state index in [-0.39, 0.29) is 5.54 Å². The highest BCUT2D eigenvalue weighted by Crippen LogP contribution is 2.45. The predicted molar refractivity (Wildman–Crippen MR) is 108 cm³/mol. The van der Waals surface area contributed by atoms with Crippen molar-refractivity contribution in [3.8, 4) is 0 Å². The summed E-state index contributed by atoms with van der Waals surface area (Å²) in [5, 5.41) is 4.06. The first-order chi connectivity index (χ1) is 12.7. The topological polar surface area (TPSA) is 35.6 Å². The molecule has 1 aliphatic heterocycles. The van der Waals surface area contributed by atoms with Crippen molar-refractivity contribution < 1.29 is 5.32 Å². The maximum atomic E-state index is 3.84. The molecule has 3 nitrogen and oxygen atoms in total. The number of nitrogens with two attached hydrogens (primary N) is 1. The summed E-state index contributed by atoms with van der Waals surface area (Å²) >= 11 is 0. The van der Waals surface area contributed by atoms with Gasteiger partial charge in [-0.05, 0) is 36.6 Å². The summed E-state index contributed by atoms with van der Waals surface area (Å²) in [6.07, 6.45) is 5.32. The van der Waals surface area contributed by atoms with Crippen molar-refractivity contribution in [2.24, 2.45) is 0 Å². The monoisotopic (exact) mass is 346 g/mol. The largest absolute Gasteiger partial charge is 0.378 e. The molecule has 1 fully saturated rings. The van der Waals surface area contributed by atoms with Gasteiger partial charge in [-0.2, -0.15) is 0 Å². The molecule has 5 rings (SSSR count). The lowest BCUT2D eigenvalue weighted by atomic mass is 9.78. The van der Waals surface area contributed by atoms with Crippen LogP contribution in [-0.2, 0) is 5.54 Å². The van der Waals surface area contributed by atoms with Crippen LogP contribution in [0.3, 0.4) is 0 Å². The minimum atomic E-state index is 0.286. The predicted octanol–water partition coefficient (Wildman–Crippen LogP) is 3.71. The second-order valence-electron chi connectivity index (χ2n) is 8.30. The van der Waals surface area contributed by atoms with Crippen LogP contribution in [-0.4, -0.2) is 25.6 Å². The standard InChI is InChI=1S/C23H27N3/c1-26(2)17-11-9-16(10-12-17)19-15-24-23(13-5-6-14-23)22-21(19)18-7-3-4-8-20(18)25-22/h3-4,7-12,19,24-25H,5-6,13-15H2,1-2H3/p+1/t19-/m0/s1. The van der Waals surface area contributed by atoms with Crippen LogP contribution in [0.1, 0.15) is 48.4 Å². The number of nitrogens with one attached hydrogen (secondary N) is 1. The number of quaternary nitrogens is 1. The molecule has 0 saturated heterocycles. The fourth-order valence-corrected chi connectivity index (χ4v) is 5.25. The van der Waals surface area contributed by atoms with Gasteiger partial charge in [0, 0.05) is 49.1 Å². The molecule has 1 aliphatic carbocycles. The maximum absolute atomic E-state index is 3.84. The van der Waals surface area contributed by atoms with Gasteiger partial charge in [-0.25, -0.2) is 0 Å². The first kappa shape index (κ1) is 16.0. The van der Waals surface area contributed by atoms with E-state index in [0.717, 1.165) is 6.54 Å². The van der Waals surface area contributed by atoms with Gasteiger partial charge in [0.1, 0.15) is 5.54 Å². The number of fused-ring (bicyclic) bond motifs is 4. The van der Waals surface area contributed by atoms with E-state index in [4.69, 9.17) is 0 Å². The van der Waals surface area contributed by atoms with Crippen LogP contribution in [0.25, 0.3) is 10.9 Å². The number of nitrogens with zero attached hydrogens (tertiary/aromatic N) is 1. The zero-order valence-corrected chi connectivity index (χ0v) is 15.8. The fourth-order valence-electron chi connectivity index (χ4n) is 5.25. The van der Waals surface area contributed by atoms with Gasteiger partial charge in [0.2, 0.25) is 0 Å². The van der Waals surface area contributed by atoms with E-state index in [0.29, 0.717) is 5.92 Å². The highest BCUT2D eigenvalue weighted by atomic mass is 15.1. The summed E-state index contributed by atoms with van der Waals surface area (Å²) in [6, 6.07) is 18.0. The third kappa shape index (κ3) is 2.30. The maximum Gasteiger partial charge on any atom is 0.137 e. The SMILES string of the molecule is CN(C)c1ccc([C@@H]2C[NH2+]C3(CCCC3)c3[nH]c4ccccc4c32)cc1. The Morgan fingerprint density at radius 1 is 1.00 bits per heavy atom. The Labute approximate surface area is 155 Å². The van der Waals surface area contributed by atoms with Gasteiger partial charge in [0.25, 0.3) is 0 Å². The fraction of sp³-hybridized carbons (Fsp3) is 0.391.